The monoisotopic (exact) mass is 386 g/mol. The quantitative estimate of drug-likeness (QED) is 0.640. The summed E-state index contributed by atoms with van der Waals surface area (Å²) >= 11 is 1.42. The second-order valence-corrected chi connectivity index (χ2v) is 6.61. The number of hydrogen-bond acceptors (Lipinski definition) is 7. The highest BCUT2D eigenvalue weighted by Gasteiger charge is 2.26. The summed E-state index contributed by atoms with van der Waals surface area (Å²) in [5.74, 6) is -0.134. The number of nitrogens with one attached hydrogen (secondary N) is 1. The summed E-state index contributed by atoms with van der Waals surface area (Å²) in [5.41, 5.74) is 0.960. The molecule has 3 rings (SSSR count). The fourth-order valence-electron chi connectivity index (χ4n) is 2.47. The Hall–Kier alpha value is -3.13. The number of carbonyl (C=O) groups is 2. The van der Waals surface area contributed by atoms with Gasteiger partial charge in [-0.2, -0.15) is 0 Å². The molecule has 8 heteroatoms. The smallest absolute Gasteiger partial charge is 0.361 e. The lowest BCUT2D eigenvalue weighted by atomic mass is 10.2. The van der Waals surface area contributed by atoms with Crippen LogP contribution in [-0.4, -0.2) is 30.7 Å². The highest BCUT2D eigenvalue weighted by Crippen LogP contribution is 2.32. The zero-order valence-electron chi connectivity index (χ0n) is 15.1. The Bertz CT molecular complexity index is 959. The molecule has 140 valence electrons. The Morgan fingerprint density at radius 2 is 1.93 bits per heavy atom. The van der Waals surface area contributed by atoms with E-state index >= 15 is 0 Å². The Morgan fingerprint density at radius 3 is 2.59 bits per heavy atom. The summed E-state index contributed by atoms with van der Waals surface area (Å²) in [6.45, 7) is 3.43. The number of carbonyl (C=O) groups excluding carboxylic acids is 2. The maximum absolute atomic E-state index is 12.6. The number of benzene rings is 1. The third kappa shape index (κ3) is 4.01. The van der Waals surface area contributed by atoms with Crippen LogP contribution < -0.4 is 10.1 Å². The Kier molecular flexibility index (Phi) is 5.56. The topological polar surface area (TPSA) is 90.7 Å². The molecule has 1 amide bonds. The maximum Gasteiger partial charge on any atom is 0.361 e. The molecular weight excluding hydrogens is 368 g/mol. The second kappa shape index (κ2) is 8.05. The molecule has 0 radical (unpaired) electrons. The van der Waals surface area contributed by atoms with Crippen molar-refractivity contribution in [3.05, 3.63) is 53.4 Å². The first-order valence-electron chi connectivity index (χ1n) is 8.22. The van der Waals surface area contributed by atoms with E-state index in [4.69, 9.17) is 14.0 Å². The standard InChI is InChI=1S/C19H18N2O5S/c1-4-25-19(23)17-16(11(2)26-21-17)18(22)20-15-10-9-14(27-15)12-5-7-13(24-3)8-6-12/h5-10H,4H2,1-3H3,(H,20,22). The predicted octanol–water partition coefficient (Wildman–Crippen LogP) is 4.15. The van der Waals surface area contributed by atoms with Gasteiger partial charge in [0.2, 0.25) is 5.69 Å². The van der Waals surface area contributed by atoms with Crippen LogP contribution in [0.5, 0.6) is 5.75 Å². The molecule has 2 heterocycles. The first-order chi connectivity index (χ1) is 13.0. The summed E-state index contributed by atoms with van der Waals surface area (Å²) in [5, 5.41) is 7.07. The van der Waals surface area contributed by atoms with Crippen LogP contribution in [0.3, 0.4) is 0 Å². The zero-order valence-corrected chi connectivity index (χ0v) is 15.9. The molecule has 0 fully saturated rings. The van der Waals surface area contributed by atoms with E-state index in [9.17, 15) is 9.59 Å². The van der Waals surface area contributed by atoms with Gasteiger partial charge in [-0.15, -0.1) is 11.3 Å². The number of aryl methyl sites for hydroxylation is 1. The molecule has 0 atom stereocenters. The summed E-state index contributed by atoms with van der Waals surface area (Å²) in [7, 11) is 1.62. The number of anilines is 1. The van der Waals surface area contributed by atoms with Gasteiger partial charge >= 0.3 is 5.97 Å². The first-order valence-corrected chi connectivity index (χ1v) is 9.04. The lowest BCUT2D eigenvalue weighted by molar-refractivity contribution is 0.0512. The van der Waals surface area contributed by atoms with Crippen LogP contribution >= 0.6 is 11.3 Å². The highest BCUT2D eigenvalue weighted by molar-refractivity contribution is 7.19. The van der Waals surface area contributed by atoms with Crippen LogP contribution in [0.25, 0.3) is 10.4 Å². The Labute approximate surface area is 159 Å². The minimum atomic E-state index is -0.690. The molecular formula is C19H18N2O5S. The molecule has 0 unspecified atom stereocenters. The highest BCUT2D eigenvalue weighted by atomic mass is 32.1. The average Bonchev–Trinajstić information content (AvgIpc) is 3.28. The van der Waals surface area contributed by atoms with E-state index in [0.29, 0.717) is 5.00 Å². The normalized spacial score (nSPS) is 10.5. The summed E-state index contributed by atoms with van der Waals surface area (Å²) in [4.78, 5) is 25.6. The molecule has 27 heavy (non-hydrogen) atoms. The molecule has 0 bridgehead atoms. The fraction of sp³-hybridized carbons (Fsp3) is 0.211. The second-order valence-electron chi connectivity index (χ2n) is 5.53. The molecule has 0 aliphatic rings. The zero-order chi connectivity index (χ0) is 19.4. The average molecular weight is 386 g/mol. The van der Waals surface area contributed by atoms with Gasteiger partial charge < -0.3 is 19.3 Å². The number of esters is 1. The molecule has 7 nitrogen and oxygen atoms in total. The number of rotatable bonds is 6. The van der Waals surface area contributed by atoms with Gasteiger partial charge in [0.05, 0.1) is 18.7 Å². The van der Waals surface area contributed by atoms with E-state index in [1.165, 1.54) is 11.3 Å². The largest absolute Gasteiger partial charge is 0.497 e. The molecule has 1 aromatic carbocycles. The summed E-state index contributed by atoms with van der Waals surface area (Å²) < 4.78 is 15.1. The molecule has 0 spiro atoms. The van der Waals surface area contributed by atoms with Gasteiger partial charge in [0.15, 0.2) is 0 Å². The predicted molar refractivity (Wildman–Crippen MR) is 101 cm³/mol. The maximum atomic E-state index is 12.6. The van der Waals surface area contributed by atoms with E-state index in [1.807, 2.05) is 30.3 Å². The number of amides is 1. The molecule has 1 N–H and O–H groups in total. The van der Waals surface area contributed by atoms with E-state index < -0.39 is 11.9 Å². The lowest BCUT2D eigenvalue weighted by Crippen LogP contribution is -2.17. The van der Waals surface area contributed by atoms with Crippen LogP contribution in [0.4, 0.5) is 5.00 Å². The first kappa shape index (κ1) is 18.7. The van der Waals surface area contributed by atoms with Crippen molar-refractivity contribution in [3.8, 4) is 16.2 Å². The van der Waals surface area contributed by atoms with Crippen LogP contribution in [-0.2, 0) is 4.74 Å². The summed E-state index contributed by atoms with van der Waals surface area (Å²) in [6, 6.07) is 11.3. The molecule has 0 aliphatic carbocycles. The SMILES string of the molecule is CCOC(=O)c1noc(C)c1C(=O)Nc1ccc(-c2ccc(OC)cc2)s1. The molecule has 0 saturated carbocycles. The van der Waals surface area contributed by atoms with Gasteiger partial charge in [-0.1, -0.05) is 5.16 Å². The van der Waals surface area contributed by atoms with Gasteiger partial charge in [-0.25, -0.2) is 4.79 Å². The van der Waals surface area contributed by atoms with Gasteiger partial charge in [0, 0.05) is 4.88 Å². The number of thiophene rings is 1. The number of hydrogen-bond donors (Lipinski definition) is 1. The number of ether oxygens (including phenoxy) is 2. The Morgan fingerprint density at radius 1 is 1.19 bits per heavy atom. The molecule has 0 saturated heterocycles. The van der Waals surface area contributed by atoms with Crippen molar-refractivity contribution in [2.45, 2.75) is 13.8 Å². The van der Waals surface area contributed by atoms with E-state index in [0.717, 1.165) is 16.2 Å². The van der Waals surface area contributed by atoms with E-state index in [2.05, 4.69) is 10.5 Å². The minimum absolute atomic E-state index is 0.0767. The molecule has 0 aliphatic heterocycles. The number of methoxy groups -OCH3 is 1. The Balaban J connectivity index is 1.78. The van der Waals surface area contributed by atoms with Crippen molar-refractivity contribution in [3.63, 3.8) is 0 Å². The van der Waals surface area contributed by atoms with Crippen LogP contribution in [0.15, 0.2) is 40.9 Å². The van der Waals surface area contributed by atoms with Crippen molar-refractivity contribution in [2.24, 2.45) is 0 Å². The van der Waals surface area contributed by atoms with Gasteiger partial charge in [0.25, 0.3) is 5.91 Å². The third-order valence-electron chi connectivity index (χ3n) is 3.78. The lowest BCUT2D eigenvalue weighted by Gasteiger charge is -2.03. The van der Waals surface area contributed by atoms with Crippen molar-refractivity contribution in [1.29, 1.82) is 0 Å². The van der Waals surface area contributed by atoms with Gasteiger partial charge in [0.1, 0.15) is 17.1 Å². The minimum Gasteiger partial charge on any atom is -0.497 e. The van der Waals surface area contributed by atoms with Crippen molar-refractivity contribution in [1.82, 2.24) is 5.16 Å². The van der Waals surface area contributed by atoms with E-state index in [1.54, 1.807) is 27.0 Å². The number of aromatic nitrogens is 1. The van der Waals surface area contributed by atoms with Crippen molar-refractivity contribution >= 4 is 28.2 Å². The van der Waals surface area contributed by atoms with Crippen molar-refractivity contribution < 1.29 is 23.6 Å². The van der Waals surface area contributed by atoms with Gasteiger partial charge in [-0.3, -0.25) is 4.79 Å². The van der Waals surface area contributed by atoms with Crippen LogP contribution in [0.1, 0.15) is 33.5 Å². The third-order valence-corrected chi connectivity index (χ3v) is 4.83. The van der Waals surface area contributed by atoms with Crippen LogP contribution in [0, 0.1) is 6.92 Å². The number of nitrogens with zero attached hydrogens (tertiary/aromatic N) is 1. The fourth-order valence-corrected chi connectivity index (χ4v) is 3.37. The molecule has 3 aromatic rings. The molecule has 2 aromatic heterocycles. The van der Waals surface area contributed by atoms with E-state index in [-0.39, 0.29) is 23.6 Å². The van der Waals surface area contributed by atoms with Crippen molar-refractivity contribution in [2.75, 3.05) is 19.0 Å². The van der Waals surface area contributed by atoms with Crippen LogP contribution in [0.2, 0.25) is 0 Å². The van der Waals surface area contributed by atoms with Gasteiger partial charge in [-0.05, 0) is 55.8 Å². The summed E-state index contributed by atoms with van der Waals surface area (Å²) in [6.07, 6.45) is 0.